The minimum absolute atomic E-state index is 0.0868. The van der Waals surface area contributed by atoms with E-state index in [1.54, 1.807) is 10.5 Å². The Morgan fingerprint density at radius 3 is 3.00 bits per heavy atom. The number of hydrogen-bond acceptors (Lipinski definition) is 4. The molecule has 1 aliphatic heterocycles. The molecule has 0 unspecified atom stereocenters. The van der Waals surface area contributed by atoms with Gasteiger partial charge in [0.1, 0.15) is 0 Å². The highest BCUT2D eigenvalue weighted by atomic mass is 32.2. The summed E-state index contributed by atoms with van der Waals surface area (Å²) in [5, 5.41) is 3.28. The SMILES string of the molecule is CS(=O)(=O)N1CCC[C@@H]1CNCc1ccccn1. The Kier molecular flexibility index (Phi) is 4.31. The number of nitrogens with zero attached hydrogens (tertiary/aromatic N) is 2. The van der Waals surface area contributed by atoms with Crippen molar-refractivity contribution in [2.75, 3.05) is 19.3 Å². The average molecular weight is 269 g/mol. The van der Waals surface area contributed by atoms with Crippen LogP contribution in [0.5, 0.6) is 0 Å². The quantitative estimate of drug-likeness (QED) is 0.850. The highest BCUT2D eigenvalue weighted by Crippen LogP contribution is 2.19. The lowest BCUT2D eigenvalue weighted by Crippen LogP contribution is -2.40. The van der Waals surface area contributed by atoms with Crippen LogP contribution in [0.25, 0.3) is 0 Å². The van der Waals surface area contributed by atoms with Crippen LogP contribution in [0, 0.1) is 0 Å². The van der Waals surface area contributed by atoms with E-state index in [4.69, 9.17) is 0 Å². The van der Waals surface area contributed by atoms with Crippen molar-refractivity contribution in [1.82, 2.24) is 14.6 Å². The highest BCUT2D eigenvalue weighted by molar-refractivity contribution is 7.88. The summed E-state index contributed by atoms with van der Waals surface area (Å²) in [6.45, 7) is 2.01. The minimum Gasteiger partial charge on any atom is -0.310 e. The first-order chi connectivity index (χ1) is 8.57. The van der Waals surface area contributed by atoms with Crippen molar-refractivity contribution >= 4 is 10.0 Å². The Balaban J connectivity index is 1.83. The summed E-state index contributed by atoms with van der Waals surface area (Å²) in [5.41, 5.74) is 0.974. The zero-order valence-electron chi connectivity index (χ0n) is 10.5. The molecule has 1 aromatic heterocycles. The molecule has 1 fully saturated rings. The fourth-order valence-electron chi connectivity index (χ4n) is 2.32. The molecule has 1 saturated heterocycles. The molecule has 18 heavy (non-hydrogen) atoms. The molecule has 2 rings (SSSR count). The molecular formula is C12H19N3O2S. The van der Waals surface area contributed by atoms with E-state index >= 15 is 0 Å². The molecule has 1 aliphatic rings. The first-order valence-electron chi connectivity index (χ1n) is 6.15. The minimum atomic E-state index is -3.07. The third-order valence-electron chi connectivity index (χ3n) is 3.16. The Bertz CT molecular complexity index is 475. The standard InChI is InChI=1S/C12H19N3O2S/c1-18(16,17)15-8-4-6-12(15)10-13-9-11-5-2-3-7-14-11/h2-3,5,7,12-13H,4,6,8-10H2,1H3/t12-/m1/s1. The smallest absolute Gasteiger partial charge is 0.211 e. The van der Waals surface area contributed by atoms with Gasteiger partial charge in [-0.2, -0.15) is 4.31 Å². The lowest BCUT2D eigenvalue weighted by molar-refractivity contribution is 0.374. The van der Waals surface area contributed by atoms with Gasteiger partial charge in [-0.25, -0.2) is 8.42 Å². The van der Waals surface area contributed by atoms with E-state index in [2.05, 4.69) is 10.3 Å². The van der Waals surface area contributed by atoms with Gasteiger partial charge < -0.3 is 5.32 Å². The number of rotatable bonds is 5. The fraction of sp³-hybridized carbons (Fsp3) is 0.583. The molecule has 6 heteroatoms. The van der Waals surface area contributed by atoms with E-state index in [0.29, 0.717) is 19.6 Å². The lowest BCUT2D eigenvalue weighted by atomic mass is 10.2. The molecule has 100 valence electrons. The van der Waals surface area contributed by atoms with E-state index in [1.165, 1.54) is 6.26 Å². The van der Waals surface area contributed by atoms with Gasteiger partial charge in [-0.05, 0) is 25.0 Å². The van der Waals surface area contributed by atoms with Crippen LogP contribution in [0.1, 0.15) is 18.5 Å². The van der Waals surface area contributed by atoms with Gasteiger partial charge >= 0.3 is 0 Å². The van der Waals surface area contributed by atoms with Crippen molar-refractivity contribution < 1.29 is 8.42 Å². The second-order valence-electron chi connectivity index (χ2n) is 4.62. The lowest BCUT2D eigenvalue weighted by Gasteiger charge is -2.22. The summed E-state index contributed by atoms with van der Waals surface area (Å²) in [4.78, 5) is 4.22. The van der Waals surface area contributed by atoms with Crippen LogP contribution in [0.4, 0.5) is 0 Å². The molecule has 0 saturated carbocycles. The van der Waals surface area contributed by atoms with E-state index < -0.39 is 10.0 Å². The van der Waals surface area contributed by atoms with Crippen molar-refractivity contribution in [3.05, 3.63) is 30.1 Å². The number of sulfonamides is 1. The Morgan fingerprint density at radius 1 is 1.50 bits per heavy atom. The Morgan fingerprint density at radius 2 is 2.33 bits per heavy atom. The maximum atomic E-state index is 11.6. The average Bonchev–Trinajstić information content (AvgIpc) is 2.78. The predicted molar refractivity (Wildman–Crippen MR) is 70.5 cm³/mol. The largest absolute Gasteiger partial charge is 0.310 e. The van der Waals surface area contributed by atoms with Gasteiger partial charge in [-0.1, -0.05) is 6.07 Å². The van der Waals surface area contributed by atoms with Gasteiger partial charge in [0.05, 0.1) is 11.9 Å². The first kappa shape index (κ1) is 13.5. The van der Waals surface area contributed by atoms with Gasteiger partial charge in [-0.3, -0.25) is 4.98 Å². The van der Waals surface area contributed by atoms with E-state index in [1.807, 2.05) is 18.2 Å². The van der Waals surface area contributed by atoms with E-state index in [0.717, 1.165) is 18.5 Å². The number of hydrogen-bond donors (Lipinski definition) is 1. The zero-order valence-corrected chi connectivity index (χ0v) is 11.4. The zero-order chi connectivity index (χ0) is 13.0. The molecule has 0 bridgehead atoms. The van der Waals surface area contributed by atoms with Gasteiger partial charge in [0, 0.05) is 31.9 Å². The molecule has 0 amide bonds. The van der Waals surface area contributed by atoms with Crippen LogP contribution < -0.4 is 5.32 Å². The van der Waals surface area contributed by atoms with Crippen molar-refractivity contribution in [3.8, 4) is 0 Å². The van der Waals surface area contributed by atoms with Crippen LogP contribution in [0.2, 0.25) is 0 Å². The first-order valence-corrected chi connectivity index (χ1v) is 7.99. The Labute approximate surface area is 108 Å². The van der Waals surface area contributed by atoms with E-state index in [-0.39, 0.29) is 6.04 Å². The molecule has 1 N–H and O–H groups in total. The molecule has 0 aliphatic carbocycles. The summed E-state index contributed by atoms with van der Waals surface area (Å²) in [7, 11) is -3.07. The molecule has 5 nitrogen and oxygen atoms in total. The van der Waals surface area contributed by atoms with Crippen molar-refractivity contribution in [2.45, 2.75) is 25.4 Å². The van der Waals surface area contributed by atoms with Crippen LogP contribution in [0.15, 0.2) is 24.4 Å². The molecule has 1 aromatic rings. The van der Waals surface area contributed by atoms with Gasteiger partial charge in [0.2, 0.25) is 10.0 Å². The Hall–Kier alpha value is -0.980. The van der Waals surface area contributed by atoms with Crippen LogP contribution in [-0.2, 0) is 16.6 Å². The van der Waals surface area contributed by atoms with Crippen LogP contribution in [-0.4, -0.2) is 43.1 Å². The van der Waals surface area contributed by atoms with Crippen LogP contribution >= 0.6 is 0 Å². The predicted octanol–water partition coefficient (Wildman–Crippen LogP) is 0.595. The molecule has 0 aromatic carbocycles. The number of aromatic nitrogens is 1. The third kappa shape index (κ3) is 3.51. The second-order valence-corrected chi connectivity index (χ2v) is 6.56. The van der Waals surface area contributed by atoms with Gasteiger partial charge in [0.15, 0.2) is 0 Å². The molecule has 0 spiro atoms. The summed E-state index contributed by atoms with van der Waals surface area (Å²) < 4.78 is 24.7. The third-order valence-corrected chi connectivity index (χ3v) is 4.49. The summed E-state index contributed by atoms with van der Waals surface area (Å²) in [6.07, 6.45) is 4.92. The maximum absolute atomic E-state index is 11.6. The van der Waals surface area contributed by atoms with Crippen LogP contribution in [0.3, 0.4) is 0 Å². The van der Waals surface area contributed by atoms with E-state index in [9.17, 15) is 8.42 Å². The van der Waals surface area contributed by atoms with Crippen molar-refractivity contribution in [2.24, 2.45) is 0 Å². The second kappa shape index (κ2) is 5.77. The molecule has 2 heterocycles. The molecular weight excluding hydrogens is 250 g/mol. The number of pyridine rings is 1. The fourth-order valence-corrected chi connectivity index (χ4v) is 3.50. The van der Waals surface area contributed by atoms with Gasteiger partial charge in [0.25, 0.3) is 0 Å². The van der Waals surface area contributed by atoms with Crippen molar-refractivity contribution in [1.29, 1.82) is 0 Å². The number of nitrogens with one attached hydrogen (secondary N) is 1. The summed E-state index contributed by atoms with van der Waals surface area (Å²) >= 11 is 0. The summed E-state index contributed by atoms with van der Waals surface area (Å²) in [5.74, 6) is 0. The van der Waals surface area contributed by atoms with Crippen molar-refractivity contribution in [3.63, 3.8) is 0 Å². The normalized spacial score (nSPS) is 21.3. The molecule has 0 radical (unpaired) electrons. The molecule has 1 atom stereocenters. The topological polar surface area (TPSA) is 62.3 Å². The van der Waals surface area contributed by atoms with Gasteiger partial charge in [-0.15, -0.1) is 0 Å². The summed E-state index contributed by atoms with van der Waals surface area (Å²) in [6, 6.07) is 5.87. The monoisotopic (exact) mass is 269 g/mol. The maximum Gasteiger partial charge on any atom is 0.211 e. The highest BCUT2D eigenvalue weighted by Gasteiger charge is 2.30.